The van der Waals surface area contributed by atoms with E-state index >= 15 is 0 Å². The average Bonchev–Trinajstić information content (AvgIpc) is 3.06. The number of hydrogen-bond acceptors (Lipinski definition) is 6. The summed E-state index contributed by atoms with van der Waals surface area (Å²) >= 11 is 0. The molecular weight excluding hydrogens is 588 g/mol. The van der Waals surface area contributed by atoms with Crippen LogP contribution in [0.2, 0.25) is 0 Å². The van der Waals surface area contributed by atoms with Gasteiger partial charge in [-0.25, -0.2) is 0 Å². The second kappa shape index (κ2) is 30.6. The standard InChI is InChI=1S/C21H30N4O4.C6H15N3.C4H9NO.C2H6/c1-4-9-15(3)20(28)24-13-17(26)23-14-18(27)25-19(21(29)22-12-5-2)16-10-7-6-8-11-16;1-4-5-9-6(7-2)8-3;1-3(2)4(5)6;1-2/h4-5,7,10-11,15,19H,1-2,6,8-9,12-14H2,3H3,(H,22,29)(H,23,26)(H,24,28)(H,25,27);4-5H2,1-3H3,(H2,7,8,9);3H,1-2H3,(H2,5,6);1-2H3. The van der Waals surface area contributed by atoms with Crippen molar-refractivity contribution >= 4 is 35.5 Å². The number of amides is 5. The van der Waals surface area contributed by atoms with Crippen molar-refractivity contribution < 1.29 is 24.0 Å². The minimum atomic E-state index is -0.852. The summed E-state index contributed by atoms with van der Waals surface area (Å²) < 4.78 is 0. The van der Waals surface area contributed by atoms with E-state index in [9.17, 15) is 24.0 Å². The van der Waals surface area contributed by atoms with Gasteiger partial charge in [0.2, 0.25) is 29.5 Å². The largest absolute Gasteiger partial charge is 0.369 e. The minimum absolute atomic E-state index is 0.00926. The first-order valence-electron chi connectivity index (χ1n) is 15.8. The quantitative estimate of drug-likeness (QED) is 0.0799. The Morgan fingerprint density at radius 2 is 1.54 bits per heavy atom. The molecule has 8 N–H and O–H groups in total. The van der Waals surface area contributed by atoms with Gasteiger partial charge in [-0.05, 0) is 31.3 Å². The van der Waals surface area contributed by atoms with Gasteiger partial charge in [-0.3, -0.25) is 29.0 Å². The molecule has 0 bridgehead atoms. The Balaban J connectivity index is -0.000000890. The highest BCUT2D eigenvalue weighted by Crippen LogP contribution is 2.14. The molecule has 13 nitrogen and oxygen atoms in total. The van der Waals surface area contributed by atoms with Crippen LogP contribution in [0, 0.1) is 11.8 Å². The summed E-state index contributed by atoms with van der Waals surface area (Å²) in [7, 11) is 3.61. The zero-order chi connectivity index (χ0) is 35.9. The molecule has 13 heteroatoms. The molecule has 5 amide bonds. The second-order valence-electron chi connectivity index (χ2n) is 9.94. The Morgan fingerprint density at radius 1 is 0.935 bits per heavy atom. The molecule has 1 aliphatic rings. The van der Waals surface area contributed by atoms with Crippen molar-refractivity contribution in [3.63, 3.8) is 0 Å². The van der Waals surface area contributed by atoms with Crippen molar-refractivity contribution in [2.24, 2.45) is 22.6 Å². The van der Waals surface area contributed by atoms with Gasteiger partial charge in [-0.15, -0.1) is 13.2 Å². The Labute approximate surface area is 276 Å². The first kappa shape index (κ1) is 46.0. The van der Waals surface area contributed by atoms with Crippen LogP contribution in [0.1, 0.15) is 67.2 Å². The summed E-state index contributed by atoms with van der Waals surface area (Å²) in [5.74, 6) is -1.30. The van der Waals surface area contributed by atoms with Crippen LogP contribution in [0.5, 0.6) is 0 Å². The number of carbonyl (C=O) groups excluding carboxylic acids is 5. The van der Waals surface area contributed by atoms with Crippen molar-refractivity contribution in [2.45, 2.75) is 73.3 Å². The number of aliphatic imine (C=N–C) groups is 1. The molecular formula is C33H60N8O5. The molecule has 0 saturated heterocycles. The third-order valence-corrected chi connectivity index (χ3v) is 5.75. The van der Waals surface area contributed by atoms with E-state index in [-0.39, 0.29) is 49.2 Å². The van der Waals surface area contributed by atoms with Gasteiger partial charge in [0.25, 0.3) is 0 Å². The summed E-state index contributed by atoms with van der Waals surface area (Å²) in [6, 6.07) is -0.852. The normalized spacial score (nSPS) is 12.7. The zero-order valence-corrected chi connectivity index (χ0v) is 29.3. The number of carbonyl (C=O) groups is 5. The number of rotatable bonds is 15. The maximum absolute atomic E-state index is 12.4. The van der Waals surface area contributed by atoms with Gasteiger partial charge in [0.15, 0.2) is 5.96 Å². The molecule has 46 heavy (non-hydrogen) atoms. The molecule has 1 rings (SSSR count). The van der Waals surface area contributed by atoms with Crippen LogP contribution in [0.25, 0.3) is 0 Å². The van der Waals surface area contributed by atoms with E-state index in [1.165, 1.54) is 0 Å². The van der Waals surface area contributed by atoms with Crippen LogP contribution in [-0.2, 0) is 24.0 Å². The van der Waals surface area contributed by atoms with E-state index < -0.39 is 17.9 Å². The summed E-state index contributed by atoms with van der Waals surface area (Å²) in [5, 5.41) is 16.3. The first-order chi connectivity index (χ1) is 21.9. The van der Waals surface area contributed by atoms with Crippen LogP contribution < -0.4 is 37.6 Å². The summed E-state index contributed by atoms with van der Waals surface area (Å²) in [5.41, 5.74) is 5.49. The maximum Gasteiger partial charge on any atom is 0.247 e. The fraction of sp³-hybridized carbons (Fsp3) is 0.576. The highest BCUT2D eigenvalue weighted by atomic mass is 16.2. The van der Waals surface area contributed by atoms with Gasteiger partial charge in [0.05, 0.1) is 13.1 Å². The number of hydrogen-bond donors (Lipinski definition) is 7. The lowest BCUT2D eigenvalue weighted by molar-refractivity contribution is -0.130. The van der Waals surface area contributed by atoms with Crippen LogP contribution in [0.15, 0.2) is 54.1 Å². The van der Waals surface area contributed by atoms with Crippen molar-refractivity contribution in [1.82, 2.24) is 31.9 Å². The van der Waals surface area contributed by atoms with E-state index in [4.69, 9.17) is 5.73 Å². The average molecular weight is 649 g/mol. The van der Waals surface area contributed by atoms with E-state index in [1.54, 1.807) is 46.0 Å². The predicted molar refractivity (Wildman–Crippen MR) is 188 cm³/mol. The van der Waals surface area contributed by atoms with Gasteiger partial charge in [-0.2, -0.15) is 0 Å². The zero-order valence-electron chi connectivity index (χ0n) is 29.3. The summed E-state index contributed by atoms with van der Waals surface area (Å²) in [6.07, 6.45) is 12.1. The third-order valence-electron chi connectivity index (χ3n) is 5.75. The lowest BCUT2D eigenvalue weighted by atomic mass is 9.99. The Kier molecular flexibility index (Phi) is 30.6. The molecule has 0 aromatic carbocycles. The molecule has 0 radical (unpaired) electrons. The smallest absolute Gasteiger partial charge is 0.247 e. The molecule has 2 atom stereocenters. The van der Waals surface area contributed by atoms with Crippen LogP contribution >= 0.6 is 0 Å². The molecule has 2 unspecified atom stereocenters. The van der Waals surface area contributed by atoms with Crippen LogP contribution in [-0.4, -0.2) is 81.8 Å². The van der Waals surface area contributed by atoms with Gasteiger partial charge in [0.1, 0.15) is 6.04 Å². The first-order valence-corrected chi connectivity index (χ1v) is 15.8. The molecule has 262 valence electrons. The van der Waals surface area contributed by atoms with Crippen molar-refractivity contribution in [3.8, 4) is 0 Å². The Bertz CT molecular complexity index is 1020. The third kappa shape index (κ3) is 25.0. The predicted octanol–water partition coefficient (Wildman–Crippen LogP) is 1.84. The fourth-order valence-corrected chi connectivity index (χ4v) is 3.10. The molecule has 0 heterocycles. The van der Waals surface area contributed by atoms with Gasteiger partial charge < -0.3 is 37.6 Å². The number of nitrogens with two attached hydrogens (primary N) is 1. The van der Waals surface area contributed by atoms with Gasteiger partial charge >= 0.3 is 0 Å². The topological polar surface area (TPSA) is 196 Å². The van der Waals surface area contributed by atoms with E-state index in [2.05, 4.69) is 57.0 Å². The van der Waals surface area contributed by atoms with Crippen LogP contribution in [0.3, 0.4) is 0 Å². The lowest BCUT2D eigenvalue weighted by Crippen LogP contribution is -2.51. The van der Waals surface area contributed by atoms with Crippen LogP contribution in [0.4, 0.5) is 0 Å². The van der Waals surface area contributed by atoms with Gasteiger partial charge in [0, 0.05) is 39.0 Å². The Morgan fingerprint density at radius 3 is 2.00 bits per heavy atom. The molecule has 0 aliphatic heterocycles. The fourth-order valence-electron chi connectivity index (χ4n) is 3.10. The highest BCUT2D eigenvalue weighted by Gasteiger charge is 2.24. The lowest BCUT2D eigenvalue weighted by Gasteiger charge is -2.21. The molecule has 1 aliphatic carbocycles. The molecule has 0 saturated carbocycles. The van der Waals surface area contributed by atoms with E-state index in [1.807, 2.05) is 33.0 Å². The second-order valence-corrected chi connectivity index (χ2v) is 9.94. The Hall–Kier alpha value is -4.42. The monoisotopic (exact) mass is 648 g/mol. The highest BCUT2D eigenvalue weighted by molar-refractivity contribution is 5.93. The molecule has 0 aromatic heterocycles. The number of nitrogens with one attached hydrogen (secondary N) is 6. The number of allylic oxidation sites excluding steroid dienone is 3. The van der Waals surface area contributed by atoms with Crippen molar-refractivity contribution in [2.75, 3.05) is 40.3 Å². The van der Waals surface area contributed by atoms with E-state index in [0.29, 0.717) is 12.0 Å². The molecule has 0 fully saturated rings. The maximum atomic E-state index is 12.4. The summed E-state index contributed by atoms with van der Waals surface area (Å²) in [4.78, 5) is 62.1. The van der Waals surface area contributed by atoms with E-state index in [0.717, 1.165) is 31.8 Å². The minimum Gasteiger partial charge on any atom is -0.369 e. The SMILES string of the molecule is C=CCNC(=O)C(NC(=O)CNC(=O)CNC(=O)C(C)CC=C)C1=CCCC=C1.CC.CC(C)C(N)=O.CCCNC(=NC)NC. The van der Waals surface area contributed by atoms with Crippen molar-refractivity contribution in [3.05, 3.63) is 49.1 Å². The van der Waals surface area contributed by atoms with Gasteiger partial charge in [-0.1, -0.05) is 71.9 Å². The molecule has 0 aromatic rings. The number of nitrogens with zero attached hydrogens (tertiary/aromatic N) is 1. The summed E-state index contributed by atoms with van der Waals surface area (Å²) in [6.45, 7) is 19.2. The number of guanidine groups is 1. The van der Waals surface area contributed by atoms with Crippen molar-refractivity contribution in [1.29, 1.82) is 0 Å². The number of primary amides is 1. The molecule has 0 spiro atoms.